The van der Waals surface area contributed by atoms with E-state index in [4.69, 9.17) is 11.6 Å². The number of Topliss-reactive ketones (excluding diaryl/α,β-unsaturated/α-hetero) is 1. The quantitative estimate of drug-likeness (QED) is 0.576. The number of rotatable bonds is 1. The monoisotopic (exact) mass is 186 g/mol. The number of alkyl halides is 1. The molecule has 12 heavy (non-hydrogen) atoms. The van der Waals surface area contributed by atoms with Gasteiger partial charge in [-0.3, -0.25) is 4.79 Å². The molecule has 0 spiro atoms. The van der Waals surface area contributed by atoms with Gasteiger partial charge in [0.1, 0.15) is 5.78 Å². The van der Waals surface area contributed by atoms with Gasteiger partial charge >= 0.3 is 0 Å². The van der Waals surface area contributed by atoms with Crippen LogP contribution in [0.15, 0.2) is 0 Å². The molecule has 0 aromatic heterocycles. The first-order valence-corrected chi connectivity index (χ1v) is 5.17. The van der Waals surface area contributed by atoms with Crippen molar-refractivity contribution < 1.29 is 4.79 Å². The van der Waals surface area contributed by atoms with Gasteiger partial charge in [0.05, 0.1) is 0 Å². The molecule has 0 N–H and O–H groups in total. The first-order chi connectivity index (χ1) is 5.53. The summed E-state index contributed by atoms with van der Waals surface area (Å²) in [5.74, 6) is 1.49. The van der Waals surface area contributed by atoms with Crippen LogP contribution in [0.4, 0.5) is 0 Å². The predicted octanol–water partition coefficient (Wildman–Crippen LogP) is 2.62. The molecule has 0 aromatic carbocycles. The summed E-state index contributed by atoms with van der Waals surface area (Å²) in [6.07, 6.45) is 3.36. The Hall–Kier alpha value is -0.0400. The van der Waals surface area contributed by atoms with Crippen LogP contribution in [0.5, 0.6) is 0 Å². The fraction of sp³-hybridized carbons (Fsp3) is 0.900. The van der Waals surface area contributed by atoms with Gasteiger partial charge in [-0.25, -0.2) is 0 Å². The van der Waals surface area contributed by atoms with Crippen molar-refractivity contribution in [1.29, 1.82) is 0 Å². The third kappa shape index (κ3) is 0.783. The smallest absolute Gasteiger partial charge is 0.146 e. The lowest BCUT2D eigenvalue weighted by atomic mass is 9.71. The van der Waals surface area contributed by atoms with Crippen LogP contribution in [0.2, 0.25) is 0 Å². The Morgan fingerprint density at radius 1 is 1.58 bits per heavy atom. The van der Waals surface area contributed by atoms with E-state index in [0.717, 1.165) is 12.8 Å². The zero-order valence-electron chi connectivity index (χ0n) is 7.69. The molecule has 2 saturated carbocycles. The summed E-state index contributed by atoms with van der Waals surface area (Å²) in [6, 6.07) is 0. The van der Waals surface area contributed by atoms with E-state index >= 15 is 0 Å². The number of carbonyl (C=O) groups excluding carboxylic acids is 1. The number of ketones is 1. The highest BCUT2D eigenvalue weighted by atomic mass is 35.5. The van der Waals surface area contributed by atoms with Crippen LogP contribution in [0.3, 0.4) is 0 Å². The second-order valence-electron chi connectivity index (χ2n) is 4.88. The summed E-state index contributed by atoms with van der Waals surface area (Å²) in [5, 5.41) is 0. The molecule has 1 nitrogen and oxygen atoms in total. The van der Waals surface area contributed by atoms with Gasteiger partial charge in [0.2, 0.25) is 0 Å². The number of hydrogen-bond acceptors (Lipinski definition) is 1. The minimum atomic E-state index is -0.200. The van der Waals surface area contributed by atoms with E-state index in [1.807, 2.05) is 6.92 Å². The van der Waals surface area contributed by atoms with Gasteiger partial charge in [0, 0.05) is 16.7 Å². The molecule has 0 aliphatic heterocycles. The van der Waals surface area contributed by atoms with E-state index in [1.54, 1.807) is 0 Å². The fourth-order valence-corrected chi connectivity index (χ4v) is 3.37. The third-order valence-corrected chi connectivity index (χ3v) is 4.54. The lowest BCUT2D eigenvalue weighted by Crippen LogP contribution is -2.39. The zero-order valence-corrected chi connectivity index (χ0v) is 8.45. The maximum atomic E-state index is 12.0. The maximum Gasteiger partial charge on any atom is 0.146 e. The molecule has 2 rings (SSSR count). The number of hydrogen-bond donors (Lipinski definition) is 0. The normalized spacial score (nSPS) is 51.9. The van der Waals surface area contributed by atoms with Crippen LogP contribution < -0.4 is 0 Å². The van der Waals surface area contributed by atoms with Crippen molar-refractivity contribution in [1.82, 2.24) is 0 Å². The molecule has 0 radical (unpaired) electrons. The molecule has 0 aromatic rings. The predicted molar refractivity (Wildman–Crippen MR) is 49.3 cm³/mol. The summed E-state index contributed by atoms with van der Waals surface area (Å²) < 4.78 is 0. The minimum absolute atomic E-state index is 0.0195. The van der Waals surface area contributed by atoms with E-state index in [1.165, 1.54) is 6.42 Å². The van der Waals surface area contributed by atoms with Crippen molar-refractivity contribution in [3.8, 4) is 0 Å². The Morgan fingerprint density at radius 3 is 2.58 bits per heavy atom. The van der Waals surface area contributed by atoms with Gasteiger partial charge in [-0.05, 0) is 25.2 Å². The highest BCUT2D eigenvalue weighted by molar-refractivity contribution is 6.20. The van der Waals surface area contributed by atoms with Gasteiger partial charge in [0.25, 0.3) is 0 Å². The summed E-state index contributed by atoms with van der Waals surface area (Å²) in [5.41, 5.74) is -0.219. The van der Waals surface area contributed by atoms with Crippen molar-refractivity contribution in [2.75, 3.05) is 5.88 Å². The van der Waals surface area contributed by atoms with Crippen LogP contribution in [0.1, 0.15) is 33.1 Å². The zero-order chi connectivity index (χ0) is 8.98. The highest BCUT2D eigenvalue weighted by Crippen LogP contribution is 2.60. The molecule has 2 aliphatic rings. The SMILES string of the molecule is C[C@]12CC[C@H](C1)[C@](C)(CCl)C2=O. The first kappa shape index (κ1) is 8.55. The van der Waals surface area contributed by atoms with E-state index in [0.29, 0.717) is 17.6 Å². The molecule has 2 fully saturated rings. The fourth-order valence-electron chi connectivity index (χ4n) is 3.04. The van der Waals surface area contributed by atoms with E-state index in [2.05, 4.69) is 6.92 Å². The number of fused-ring (bicyclic) bond motifs is 2. The molecular formula is C10H15ClO. The molecule has 3 atom stereocenters. The van der Waals surface area contributed by atoms with Crippen molar-refractivity contribution in [3.63, 3.8) is 0 Å². The summed E-state index contributed by atoms with van der Waals surface area (Å²) in [7, 11) is 0. The molecule has 68 valence electrons. The van der Waals surface area contributed by atoms with Crippen LogP contribution in [-0.2, 0) is 4.79 Å². The van der Waals surface area contributed by atoms with Gasteiger partial charge in [-0.2, -0.15) is 0 Å². The lowest BCUT2D eigenvalue weighted by Gasteiger charge is -2.32. The van der Waals surface area contributed by atoms with Gasteiger partial charge < -0.3 is 0 Å². The topological polar surface area (TPSA) is 17.1 Å². The summed E-state index contributed by atoms with van der Waals surface area (Å²) >= 11 is 5.88. The Morgan fingerprint density at radius 2 is 2.25 bits per heavy atom. The molecule has 2 aliphatic carbocycles. The van der Waals surface area contributed by atoms with Crippen molar-refractivity contribution in [2.45, 2.75) is 33.1 Å². The van der Waals surface area contributed by atoms with E-state index < -0.39 is 0 Å². The molecule has 2 bridgehead atoms. The molecule has 0 heterocycles. The van der Waals surface area contributed by atoms with Crippen LogP contribution in [0, 0.1) is 16.7 Å². The first-order valence-electron chi connectivity index (χ1n) is 4.64. The Labute approximate surface area is 78.5 Å². The van der Waals surface area contributed by atoms with Gasteiger partial charge in [-0.1, -0.05) is 13.8 Å². The molecule has 0 unspecified atom stereocenters. The van der Waals surface area contributed by atoms with Crippen LogP contribution >= 0.6 is 11.6 Å². The molecule has 0 saturated heterocycles. The van der Waals surface area contributed by atoms with E-state index in [9.17, 15) is 4.79 Å². The number of halogens is 1. The molecular weight excluding hydrogens is 172 g/mol. The van der Waals surface area contributed by atoms with Crippen molar-refractivity contribution >= 4 is 17.4 Å². The minimum Gasteiger partial charge on any atom is -0.298 e. The largest absolute Gasteiger partial charge is 0.298 e. The third-order valence-electron chi connectivity index (χ3n) is 3.99. The van der Waals surface area contributed by atoms with Crippen molar-refractivity contribution in [3.05, 3.63) is 0 Å². The standard InChI is InChI=1S/C10H15ClO/c1-9-4-3-7(5-9)10(2,6-11)8(9)12/h7H,3-6H2,1-2H3/t7-,9+,10+/m1/s1. The lowest BCUT2D eigenvalue weighted by molar-refractivity contribution is -0.134. The Kier molecular flexibility index (Phi) is 1.61. The summed E-state index contributed by atoms with van der Waals surface area (Å²) in [6.45, 7) is 4.14. The second-order valence-corrected chi connectivity index (χ2v) is 5.15. The Bertz CT molecular complexity index is 238. The van der Waals surface area contributed by atoms with Crippen LogP contribution in [-0.4, -0.2) is 11.7 Å². The Balaban J connectivity index is 2.38. The average Bonchev–Trinajstić information content (AvgIpc) is 2.52. The highest BCUT2D eigenvalue weighted by Gasteiger charge is 2.60. The van der Waals surface area contributed by atoms with Crippen molar-refractivity contribution in [2.24, 2.45) is 16.7 Å². The van der Waals surface area contributed by atoms with Crippen LogP contribution in [0.25, 0.3) is 0 Å². The number of carbonyl (C=O) groups is 1. The maximum absolute atomic E-state index is 12.0. The molecule has 0 amide bonds. The molecule has 2 heteroatoms. The summed E-state index contributed by atoms with van der Waals surface area (Å²) in [4.78, 5) is 12.0. The van der Waals surface area contributed by atoms with E-state index in [-0.39, 0.29) is 10.8 Å². The van der Waals surface area contributed by atoms with Gasteiger partial charge in [0.15, 0.2) is 0 Å². The average molecular weight is 187 g/mol. The van der Waals surface area contributed by atoms with Gasteiger partial charge in [-0.15, -0.1) is 11.6 Å². The second kappa shape index (κ2) is 2.25.